The molecule has 0 saturated heterocycles. The van der Waals surface area contributed by atoms with Crippen LogP contribution in [0.5, 0.6) is 0 Å². The minimum absolute atomic E-state index is 0.120. The third kappa shape index (κ3) is 3.15. The van der Waals surface area contributed by atoms with Crippen LogP contribution in [0.2, 0.25) is 0 Å². The third-order valence-corrected chi connectivity index (χ3v) is 3.89. The van der Waals surface area contributed by atoms with Crippen molar-refractivity contribution in [3.8, 4) is 11.4 Å². The number of hydrogen-bond donors (Lipinski definition) is 0. The molecule has 132 valence electrons. The van der Waals surface area contributed by atoms with E-state index in [9.17, 15) is 13.2 Å². The first-order chi connectivity index (χ1) is 12.5. The highest BCUT2D eigenvalue weighted by Gasteiger charge is 2.38. The molecule has 1 atom stereocenters. The van der Waals surface area contributed by atoms with E-state index in [1.165, 1.54) is 0 Å². The van der Waals surface area contributed by atoms with E-state index in [0.717, 1.165) is 16.8 Å². The maximum absolute atomic E-state index is 12.5. The molecule has 1 aliphatic rings. The summed E-state index contributed by atoms with van der Waals surface area (Å²) < 4.78 is 41.8. The molecule has 1 aliphatic heterocycles. The van der Waals surface area contributed by atoms with E-state index >= 15 is 0 Å². The highest BCUT2D eigenvalue weighted by atomic mass is 19.4. The molecule has 3 aromatic rings. The molecule has 0 fully saturated rings. The molecular formula is C17H11F3N4O2. The first-order valence-corrected chi connectivity index (χ1v) is 7.65. The van der Waals surface area contributed by atoms with Crippen LogP contribution in [-0.4, -0.2) is 20.8 Å². The number of hydrogen-bond acceptors (Lipinski definition) is 6. The van der Waals surface area contributed by atoms with Crippen molar-refractivity contribution in [3.05, 3.63) is 65.8 Å². The van der Waals surface area contributed by atoms with Crippen LogP contribution < -0.4 is 0 Å². The van der Waals surface area contributed by atoms with Crippen LogP contribution in [0.3, 0.4) is 0 Å². The van der Waals surface area contributed by atoms with Crippen LogP contribution in [0.25, 0.3) is 11.4 Å². The van der Waals surface area contributed by atoms with Crippen molar-refractivity contribution in [1.29, 1.82) is 0 Å². The van der Waals surface area contributed by atoms with E-state index in [1.807, 2.05) is 12.1 Å². The minimum atomic E-state index is -4.66. The topological polar surface area (TPSA) is 73.4 Å². The standard InChI is InChI=1S/C17H11F3N4O2/c18-17(19,20)16-22-15(24-26-16)12-3-1-11(2-4-12)14-9-13(23-25-14)10-5-7-21-8-6-10/h1-8,14H,9H2. The van der Waals surface area contributed by atoms with Crippen LogP contribution in [0.4, 0.5) is 13.2 Å². The molecule has 1 unspecified atom stereocenters. The van der Waals surface area contributed by atoms with E-state index in [4.69, 9.17) is 4.84 Å². The summed E-state index contributed by atoms with van der Waals surface area (Å²) in [6, 6.07) is 10.4. The van der Waals surface area contributed by atoms with Gasteiger partial charge in [0.15, 0.2) is 6.10 Å². The normalized spacial score (nSPS) is 17.0. The summed E-state index contributed by atoms with van der Waals surface area (Å²) in [4.78, 5) is 12.8. The number of aromatic nitrogens is 3. The van der Waals surface area contributed by atoms with Gasteiger partial charge < -0.3 is 9.36 Å². The van der Waals surface area contributed by atoms with E-state index in [-0.39, 0.29) is 11.9 Å². The summed E-state index contributed by atoms with van der Waals surface area (Å²) in [5.41, 5.74) is 3.02. The Labute approximate surface area is 145 Å². The highest BCUT2D eigenvalue weighted by Crippen LogP contribution is 2.32. The fourth-order valence-corrected chi connectivity index (χ4v) is 2.57. The average Bonchev–Trinajstić information content (AvgIpc) is 3.32. The lowest BCUT2D eigenvalue weighted by atomic mass is 10.00. The second kappa shape index (κ2) is 6.25. The highest BCUT2D eigenvalue weighted by molar-refractivity contribution is 6.01. The van der Waals surface area contributed by atoms with Crippen molar-refractivity contribution >= 4 is 5.71 Å². The average molecular weight is 360 g/mol. The zero-order chi connectivity index (χ0) is 18.1. The maximum atomic E-state index is 12.5. The maximum Gasteiger partial charge on any atom is 0.471 e. The zero-order valence-electron chi connectivity index (χ0n) is 13.1. The van der Waals surface area contributed by atoms with Crippen molar-refractivity contribution in [2.24, 2.45) is 5.16 Å². The summed E-state index contributed by atoms with van der Waals surface area (Å²) in [7, 11) is 0. The van der Waals surface area contributed by atoms with Crippen LogP contribution in [0.1, 0.15) is 29.5 Å². The van der Waals surface area contributed by atoms with Crippen molar-refractivity contribution in [1.82, 2.24) is 15.1 Å². The lowest BCUT2D eigenvalue weighted by Crippen LogP contribution is -2.04. The Morgan fingerprint density at radius 2 is 1.69 bits per heavy atom. The van der Waals surface area contributed by atoms with Crippen molar-refractivity contribution in [3.63, 3.8) is 0 Å². The molecule has 0 radical (unpaired) electrons. The zero-order valence-corrected chi connectivity index (χ0v) is 13.1. The molecule has 0 amide bonds. The van der Waals surface area contributed by atoms with Crippen LogP contribution in [0, 0.1) is 0 Å². The molecule has 1 aromatic carbocycles. The predicted molar refractivity (Wildman–Crippen MR) is 84.0 cm³/mol. The number of pyridine rings is 1. The van der Waals surface area contributed by atoms with E-state index in [1.54, 1.807) is 36.7 Å². The molecule has 6 nitrogen and oxygen atoms in total. The van der Waals surface area contributed by atoms with E-state index in [0.29, 0.717) is 12.0 Å². The molecule has 9 heteroatoms. The number of nitrogens with zero attached hydrogens (tertiary/aromatic N) is 4. The largest absolute Gasteiger partial charge is 0.471 e. The summed E-state index contributed by atoms with van der Waals surface area (Å²) in [5.74, 6) is -1.49. The molecule has 0 aliphatic carbocycles. The SMILES string of the molecule is FC(F)(F)c1nc(-c2ccc(C3CC(c4ccncc4)=NO3)cc2)no1. The van der Waals surface area contributed by atoms with Gasteiger partial charge in [-0.1, -0.05) is 34.6 Å². The van der Waals surface area contributed by atoms with Crippen molar-refractivity contribution in [2.75, 3.05) is 0 Å². The summed E-state index contributed by atoms with van der Waals surface area (Å²) in [6.07, 6.45) is -0.976. The number of halogens is 3. The monoisotopic (exact) mass is 360 g/mol. The van der Waals surface area contributed by atoms with Gasteiger partial charge in [0.1, 0.15) is 0 Å². The van der Waals surface area contributed by atoms with Gasteiger partial charge in [0.2, 0.25) is 5.82 Å². The number of rotatable bonds is 3. The first-order valence-electron chi connectivity index (χ1n) is 7.65. The smallest absolute Gasteiger partial charge is 0.387 e. The number of benzene rings is 1. The molecule has 2 aromatic heterocycles. The molecular weight excluding hydrogens is 349 g/mol. The van der Waals surface area contributed by atoms with Gasteiger partial charge >= 0.3 is 12.1 Å². The van der Waals surface area contributed by atoms with Gasteiger partial charge in [-0.25, -0.2) is 0 Å². The summed E-state index contributed by atoms with van der Waals surface area (Å²) in [5, 5.41) is 7.46. The van der Waals surface area contributed by atoms with Crippen LogP contribution in [-0.2, 0) is 11.0 Å². The van der Waals surface area contributed by atoms with Gasteiger partial charge in [-0.15, -0.1) is 0 Å². The Balaban J connectivity index is 1.48. The summed E-state index contributed by atoms with van der Waals surface area (Å²) >= 11 is 0. The molecule has 0 N–H and O–H groups in total. The fraction of sp³-hybridized carbons (Fsp3) is 0.176. The molecule has 0 spiro atoms. The predicted octanol–water partition coefficient (Wildman–Crippen LogP) is 4.02. The molecule has 26 heavy (non-hydrogen) atoms. The first kappa shape index (κ1) is 16.2. The second-order valence-electron chi connectivity index (χ2n) is 5.61. The molecule has 0 bridgehead atoms. The lowest BCUT2D eigenvalue weighted by molar-refractivity contribution is -0.159. The molecule has 3 heterocycles. The van der Waals surface area contributed by atoms with Gasteiger partial charge in [-0.05, 0) is 17.7 Å². The Morgan fingerprint density at radius 1 is 0.962 bits per heavy atom. The number of alkyl halides is 3. The Hall–Kier alpha value is -3.23. The van der Waals surface area contributed by atoms with Crippen LogP contribution in [0.15, 0.2) is 58.5 Å². The van der Waals surface area contributed by atoms with Crippen molar-refractivity contribution < 1.29 is 22.5 Å². The Kier molecular flexibility index (Phi) is 3.90. The lowest BCUT2D eigenvalue weighted by Gasteiger charge is -2.08. The van der Waals surface area contributed by atoms with Gasteiger partial charge in [-0.3, -0.25) is 4.98 Å². The Bertz CT molecular complexity index is 937. The number of oxime groups is 1. The third-order valence-electron chi connectivity index (χ3n) is 3.89. The Morgan fingerprint density at radius 3 is 2.35 bits per heavy atom. The molecule has 0 saturated carbocycles. The summed E-state index contributed by atoms with van der Waals surface area (Å²) in [6.45, 7) is 0. The molecule has 4 rings (SSSR count). The van der Waals surface area contributed by atoms with E-state index < -0.39 is 12.1 Å². The van der Waals surface area contributed by atoms with E-state index in [2.05, 4.69) is 24.8 Å². The van der Waals surface area contributed by atoms with Crippen molar-refractivity contribution in [2.45, 2.75) is 18.7 Å². The second-order valence-corrected chi connectivity index (χ2v) is 5.61. The van der Waals surface area contributed by atoms with Gasteiger partial charge in [0.05, 0.1) is 5.71 Å². The fourth-order valence-electron chi connectivity index (χ4n) is 2.57. The quantitative estimate of drug-likeness (QED) is 0.705. The minimum Gasteiger partial charge on any atom is -0.387 e. The van der Waals surface area contributed by atoms with Crippen LogP contribution >= 0.6 is 0 Å². The van der Waals surface area contributed by atoms with Gasteiger partial charge in [0, 0.05) is 29.9 Å². The van der Waals surface area contributed by atoms with Gasteiger partial charge in [0.25, 0.3) is 0 Å². The van der Waals surface area contributed by atoms with Gasteiger partial charge in [-0.2, -0.15) is 18.2 Å².